The molecule has 11 atom stereocenters. The molecule has 4 aliphatic heterocycles. The summed E-state index contributed by atoms with van der Waals surface area (Å²) < 4.78 is 19.6. The van der Waals surface area contributed by atoms with Crippen molar-refractivity contribution < 1.29 is 33.7 Å². The number of nitrogens with one attached hydrogen (secondary N) is 2. The summed E-state index contributed by atoms with van der Waals surface area (Å²) in [6, 6.07) is 0.270. The van der Waals surface area contributed by atoms with Crippen molar-refractivity contribution in [2.24, 2.45) is 47.2 Å². The van der Waals surface area contributed by atoms with Crippen molar-refractivity contribution in [1.29, 1.82) is 0 Å². The molecule has 8 unspecified atom stereocenters. The summed E-state index contributed by atoms with van der Waals surface area (Å²) in [5, 5.41) is 16.2. The quantitative estimate of drug-likeness (QED) is 0.143. The van der Waals surface area contributed by atoms with Crippen molar-refractivity contribution in [2.45, 2.75) is 148 Å². The van der Waals surface area contributed by atoms with Crippen LogP contribution in [0.15, 0.2) is 11.6 Å². The molecule has 5 rings (SSSR count). The lowest BCUT2D eigenvalue weighted by molar-refractivity contribution is -0.208. The van der Waals surface area contributed by atoms with Crippen LogP contribution in [0.1, 0.15) is 112 Å². The highest BCUT2D eigenvalue weighted by Crippen LogP contribution is 2.55. The molecule has 290 valence electrons. The zero-order valence-electron chi connectivity index (χ0n) is 32.5. The van der Waals surface area contributed by atoms with Gasteiger partial charge in [0.25, 0.3) is 0 Å². The fraction of sp³-hybridized carbons (Fsp3) is 0.875. The van der Waals surface area contributed by atoms with Crippen LogP contribution in [0.25, 0.3) is 0 Å². The summed E-state index contributed by atoms with van der Waals surface area (Å²) in [4.78, 5) is 42.4. The van der Waals surface area contributed by atoms with Crippen LogP contribution >= 0.6 is 0 Å². The van der Waals surface area contributed by atoms with Gasteiger partial charge >= 0.3 is 11.9 Å². The van der Waals surface area contributed by atoms with Crippen LogP contribution in [0.3, 0.4) is 0 Å². The Bertz CT molecular complexity index is 1260. The number of hydrogen-bond acceptors (Lipinski definition) is 10. The molecule has 5 N–H and O–H groups in total. The van der Waals surface area contributed by atoms with Crippen molar-refractivity contribution in [3.8, 4) is 0 Å². The Morgan fingerprint density at radius 2 is 1.90 bits per heavy atom. The molecule has 51 heavy (non-hydrogen) atoms. The molecule has 4 saturated heterocycles. The number of hydrogen-bond donors (Lipinski definition) is 4. The number of ether oxygens (including phenoxy) is 3. The molecule has 0 aromatic rings. The van der Waals surface area contributed by atoms with Gasteiger partial charge < -0.3 is 40.6 Å². The van der Waals surface area contributed by atoms with Crippen LogP contribution in [0, 0.1) is 41.4 Å². The van der Waals surface area contributed by atoms with E-state index in [-0.39, 0.29) is 78.5 Å². The van der Waals surface area contributed by atoms with E-state index in [4.69, 9.17) is 19.9 Å². The van der Waals surface area contributed by atoms with Gasteiger partial charge in [0.05, 0.1) is 18.2 Å². The number of rotatable bonds is 15. The third-order valence-corrected chi connectivity index (χ3v) is 13.3. The topological polar surface area (TPSA) is 152 Å². The Balaban J connectivity index is 1.37. The molecule has 11 nitrogen and oxygen atoms in total. The third kappa shape index (κ3) is 9.02. The molecule has 1 amide bonds. The lowest BCUT2D eigenvalue weighted by Crippen LogP contribution is -2.62. The van der Waals surface area contributed by atoms with E-state index in [0.717, 1.165) is 45.2 Å². The number of esters is 2. The van der Waals surface area contributed by atoms with Gasteiger partial charge in [-0.1, -0.05) is 19.9 Å². The predicted molar refractivity (Wildman–Crippen MR) is 196 cm³/mol. The smallest absolute Gasteiger partial charge is 0.334 e. The van der Waals surface area contributed by atoms with E-state index in [2.05, 4.69) is 29.4 Å². The summed E-state index contributed by atoms with van der Waals surface area (Å²) in [5.41, 5.74) is 5.33. The number of carbonyl (C=O) groups excluding carboxylic acids is 3. The van der Waals surface area contributed by atoms with Crippen molar-refractivity contribution in [2.75, 3.05) is 33.3 Å². The maximum absolute atomic E-state index is 14.0. The molecular formula is C40H68N4O7. The second kappa shape index (κ2) is 17.0. The summed E-state index contributed by atoms with van der Waals surface area (Å²) in [6.07, 6.45) is 9.39. The molecule has 0 aromatic heterocycles. The van der Waals surface area contributed by atoms with E-state index in [1.807, 2.05) is 27.8 Å². The average molecular weight is 717 g/mol. The lowest BCUT2D eigenvalue weighted by atomic mass is 9.66. The molecule has 5 aliphatic rings. The predicted octanol–water partition coefficient (Wildman–Crippen LogP) is 4.31. The van der Waals surface area contributed by atoms with E-state index in [0.29, 0.717) is 62.5 Å². The number of nitrogens with zero attached hydrogens (tertiary/aromatic N) is 1. The summed E-state index contributed by atoms with van der Waals surface area (Å²) >= 11 is 0. The number of nitrogens with two attached hydrogens (primary N) is 1. The first kappa shape index (κ1) is 40.1. The first-order valence-electron chi connectivity index (χ1n) is 20.0. The minimum absolute atomic E-state index is 0.0640. The standard InChI is InChI=1S/C40H68N4O7/c1-8-25(4)37(47)51-39(5,6)40(20-29-15-27-14-26(10-9-13-45)38(48)49-33(27)18-34(29)50-40)19-28-16-35(41)43-22-30(28)17-36(46)44-23-31(21-42-7)32(44)12-11-24(2)3/h8,24,26-35,42-43,45H,9-23,41H2,1-7H3/t26?,27?,28?,29?,30?,31-,32+,33?,34?,35?,40+/m0/s1. The fourth-order valence-electron chi connectivity index (χ4n) is 9.98. The Morgan fingerprint density at radius 3 is 2.59 bits per heavy atom. The van der Waals surface area contributed by atoms with Crippen LogP contribution in [0.5, 0.6) is 0 Å². The van der Waals surface area contributed by atoms with E-state index >= 15 is 0 Å². The van der Waals surface area contributed by atoms with Gasteiger partial charge in [-0.15, -0.1) is 0 Å². The van der Waals surface area contributed by atoms with Gasteiger partial charge in [0.15, 0.2) is 0 Å². The van der Waals surface area contributed by atoms with Crippen molar-refractivity contribution in [3.63, 3.8) is 0 Å². The number of likely N-dealkylation sites (tertiary alicyclic amines) is 1. The van der Waals surface area contributed by atoms with Crippen molar-refractivity contribution >= 4 is 17.8 Å². The number of carbonyl (C=O) groups is 3. The molecule has 0 bridgehead atoms. The molecule has 0 aromatic carbocycles. The molecule has 1 aliphatic carbocycles. The average Bonchev–Trinajstić information content (AvgIpc) is 3.43. The molecule has 0 radical (unpaired) electrons. The van der Waals surface area contributed by atoms with Gasteiger partial charge in [-0.3, -0.25) is 9.59 Å². The number of amides is 1. The minimum atomic E-state index is -0.972. The van der Waals surface area contributed by atoms with Crippen molar-refractivity contribution in [1.82, 2.24) is 15.5 Å². The van der Waals surface area contributed by atoms with E-state index in [1.165, 1.54) is 0 Å². The monoisotopic (exact) mass is 717 g/mol. The highest BCUT2D eigenvalue weighted by molar-refractivity contribution is 5.88. The maximum Gasteiger partial charge on any atom is 0.334 e. The highest BCUT2D eigenvalue weighted by Gasteiger charge is 2.61. The second-order valence-corrected chi connectivity index (χ2v) is 17.6. The largest absolute Gasteiger partial charge is 0.462 e. The zero-order chi connectivity index (χ0) is 37.1. The Morgan fingerprint density at radius 1 is 1.14 bits per heavy atom. The third-order valence-electron chi connectivity index (χ3n) is 13.3. The van der Waals surface area contributed by atoms with Crippen molar-refractivity contribution in [3.05, 3.63) is 11.6 Å². The van der Waals surface area contributed by atoms with Crippen LogP contribution in [-0.2, 0) is 28.6 Å². The van der Waals surface area contributed by atoms with Gasteiger partial charge in [-0.05, 0) is 122 Å². The summed E-state index contributed by atoms with van der Waals surface area (Å²) in [5.74, 6) is 1.21. The van der Waals surface area contributed by atoms with Gasteiger partial charge in [0.1, 0.15) is 17.3 Å². The zero-order valence-corrected chi connectivity index (χ0v) is 32.5. The lowest BCUT2D eigenvalue weighted by Gasteiger charge is -2.50. The summed E-state index contributed by atoms with van der Waals surface area (Å²) in [7, 11) is 1.98. The van der Waals surface area contributed by atoms with Crippen LogP contribution in [0.2, 0.25) is 0 Å². The van der Waals surface area contributed by atoms with Gasteiger partial charge in [0.2, 0.25) is 5.91 Å². The maximum atomic E-state index is 14.0. The van der Waals surface area contributed by atoms with Gasteiger partial charge in [0, 0.05) is 56.6 Å². The molecule has 5 fully saturated rings. The van der Waals surface area contributed by atoms with E-state index in [1.54, 1.807) is 13.0 Å². The molecule has 11 heteroatoms. The second-order valence-electron chi connectivity index (χ2n) is 17.6. The first-order valence-corrected chi connectivity index (χ1v) is 20.0. The van der Waals surface area contributed by atoms with Gasteiger partial charge in [-0.2, -0.15) is 0 Å². The Hall–Kier alpha value is -2.05. The van der Waals surface area contributed by atoms with E-state index in [9.17, 15) is 19.5 Å². The van der Waals surface area contributed by atoms with Crippen LogP contribution in [-0.4, -0.2) is 96.8 Å². The molecular weight excluding hydrogens is 648 g/mol. The minimum Gasteiger partial charge on any atom is -0.462 e. The number of allylic oxidation sites excluding steroid dienone is 1. The highest BCUT2D eigenvalue weighted by atomic mass is 16.6. The van der Waals surface area contributed by atoms with E-state index < -0.39 is 11.2 Å². The first-order chi connectivity index (χ1) is 24.2. The number of aliphatic hydroxyl groups is 1. The number of fused-ring (bicyclic) bond motifs is 2. The number of piperidine rings is 1. The SMILES string of the molecule is CC=C(C)C(=O)OC(C)(C)[C@@]1(CC2CC(N)NCC2CC(=O)N2C[C@H](CNC)[C@H]2CCC(C)C)CC2CC3CC(CCCO)C(=O)OC3CC2O1. The molecule has 4 heterocycles. The normalized spacial score (nSPS) is 37.0. The Kier molecular flexibility index (Phi) is 13.3. The van der Waals surface area contributed by atoms with Gasteiger partial charge in [-0.25, -0.2) is 4.79 Å². The number of aliphatic hydroxyl groups excluding tert-OH is 1. The molecule has 0 spiro atoms. The Labute approximate surface area is 306 Å². The fourth-order valence-corrected chi connectivity index (χ4v) is 9.98. The molecule has 1 saturated carbocycles. The van der Waals surface area contributed by atoms with Crippen LogP contribution < -0.4 is 16.4 Å². The van der Waals surface area contributed by atoms with Crippen LogP contribution in [0.4, 0.5) is 0 Å². The summed E-state index contributed by atoms with van der Waals surface area (Å²) in [6.45, 7) is 14.5.